The molecule has 0 spiro atoms. The molecule has 24 heavy (non-hydrogen) atoms. The number of hydrogen-bond donors (Lipinski definition) is 1. The SMILES string of the molecule is NC(=O)[C@H]1CCCN1C1CCN(CCCc2cccc(F)c2)CC1. The number of primary amides is 1. The standard InChI is InChI=1S/C19H28FN3O/c20-16-6-1-4-15(14-16)5-2-10-22-12-8-17(9-13-22)23-11-3-7-18(23)19(21)24/h1,4,6,14,17-18H,2-3,5,7-13H2,(H2,21,24)/t18-/m1/s1. The summed E-state index contributed by atoms with van der Waals surface area (Å²) < 4.78 is 13.2. The molecule has 2 aliphatic heterocycles. The lowest BCUT2D eigenvalue weighted by atomic mass is 10.0. The van der Waals surface area contributed by atoms with Crippen molar-refractivity contribution in [3.63, 3.8) is 0 Å². The fourth-order valence-corrected chi connectivity index (χ4v) is 4.21. The summed E-state index contributed by atoms with van der Waals surface area (Å²) in [6, 6.07) is 7.35. The molecule has 5 heteroatoms. The maximum Gasteiger partial charge on any atom is 0.234 e. The third-order valence-corrected chi connectivity index (χ3v) is 5.48. The topological polar surface area (TPSA) is 49.6 Å². The van der Waals surface area contributed by atoms with E-state index in [1.807, 2.05) is 6.07 Å². The Kier molecular flexibility index (Phi) is 5.85. The van der Waals surface area contributed by atoms with Crippen molar-refractivity contribution in [3.8, 4) is 0 Å². The maximum atomic E-state index is 13.2. The van der Waals surface area contributed by atoms with Gasteiger partial charge in [-0.1, -0.05) is 12.1 Å². The number of hydrogen-bond acceptors (Lipinski definition) is 3. The summed E-state index contributed by atoms with van der Waals surface area (Å²) in [4.78, 5) is 16.4. The molecule has 0 unspecified atom stereocenters. The second kappa shape index (κ2) is 8.08. The van der Waals surface area contributed by atoms with Crippen molar-refractivity contribution in [2.75, 3.05) is 26.2 Å². The third-order valence-electron chi connectivity index (χ3n) is 5.48. The van der Waals surface area contributed by atoms with E-state index in [0.717, 1.165) is 70.3 Å². The summed E-state index contributed by atoms with van der Waals surface area (Å²) in [6.07, 6.45) is 6.22. The minimum Gasteiger partial charge on any atom is -0.368 e. The Balaban J connectivity index is 1.40. The predicted octanol–water partition coefficient (Wildman–Crippen LogP) is 2.17. The number of carbonyl (C=O) groups is 1. The number of nitrogens with zero attached hydrogens (tertiary/aromatic N) is 2. The van der Waals surface area contributed by atoms with E-state index in [2.05, 4.69) is 9.80 Å². The van der Waals surface area contributed by atoms with E-state index in [1.165, 1.54) is 6.07 Å². The van der Waals surface area contributed by atoms with Gasteiger partial charge in [0.25, 0.3) is 0 Å². The van der Waals surface area contributed by atoms with E-state index >= 15 is 0 Å². The molecule has 2 fully saturated rings. The highest BCUT2D eigenvalue weighted by atomic mass is 19.1. The van der Waals surface area contributed by atoms with Crippen LogP contribution in [0.15, 0.2) is 24.3 Å². The van der Waals surface area contributed by atoms with Gasteiger partial charge in [0.2, 0.25) is 5.91 Å². The van der Waals surface area contributed by atoms with E-state index in [-0.39, 0.29) is 17.8 Å². The molecule has 1 amide bonds. The Hall–Kier alpha value is -1.46. The van der Waals surface area contributed by atoms with Crippen molar-refractivity contribution in [2.24, 2.45) is 5.73 Å². The van der Waals surface area contributed by atoms with Crippen LogP contribution in [0.3, 0.4) is 0 Å². The Bertz CT molecular complexity index is 557. The monoisotopic (exact) mass is 333 g/mol. The largest absolute Gasteiger partial charge is 0.368 e. The van der Waals surface area contributed by atoms with Crippen LogP contribution in [-0.2, 0) is 11.2 Å². The van der Waals surface area contributed by atoms with E-state index in [9.17, 15) is 9.18 Å². The van der Waals surface area contributed by atoms with Crippen LogP contribution in [0.25, 0.3) is 0 Å². The van der Waals surface area contributed by atoms with Gasteiger partial charge in [-0.3, -0.25) is 9.69 Å². The van der Waals surface area contributed by atoms with Gasteiger partial charge in [0.1, 0.15) is 5.82 Å². The summed E-state index contributed by atoms with van der Waals surface area (Å²) in [7, 11) is 0. The van der Waals surface area contributed by atoms with Gasteiger partial charge in [0, 0.05) is 6.04 Å². The average Bonchev–Trinajstić information content (AvgIpc) is 3.05. The molecule has 0 aliphatic carbocycles. The molecule has 0 bridgehead atoms. The Morgan fingerprint density at radius 1 is 1.21 bits per heavy atom. The normalized spacial score (nSPS) is 23.6. The van der Waals surface area contributed by atoms with Crippen LogP contribution in [0.4, 0.5) is 4.39 Å². The van der Waals surface area contributed by atoms with Crippen molar-refractivity contribution in [3.05, 3.63) is 35.6 Å². The second-order valence-electron chi connectivity index (χ2n) is 7.10. The first-order chi connectivity index (χ1) is 11.6. The fraction of sp³-hybridized carbons (Fsp3) is 0.632. The highest BCUT2D eigenvalue weighted by Gasteiger charge is 2.35. The molecule has 2 saturated heterocycles. The van der Waals surface area contributed by atoms with Crippen LogP contribution in [0.1, 0.15) is 37.7 Å². The Morgan fingerprint density at radius 2 is 2.00 bits per heavy atom. The van der Waals surface area contributed by atoms with Crippen molar-refractivity contribution in [1.29, 1.82) is 0 Å². The van der Waals surface area contributed by atoms with E-state index < -0.39 is 0 Å². The van der Waals surface area contributed by atoms with Crippen LogP contribution in [0, 0.1) is 5.82 Å². The number of piperidine rings is 1. The molecule has 0 saturated carbocycles. The fourth-order valence-electron chi connectivity index (χ4n) is 4.21. The minimum atomic E-state index is -0.162. The summed E-state index contributed by atoms with van der Waals surface area (Å²) in [5, 5.41) is 0. The molecule has 4 nitrogen and oxygen atoms in total. The first-order valence-electron chi connectivity index (χ1n) is 9.15. The molecule has 2 heterocycles. The van der Waals surface area contributed by atoms with Gasteiger partial charge >= 0.3 is 0 Å². The summed E-state index contributed by atoms with van der Waals surface area (Å²) in [5.41, 5.74) is 6.61. The quantitative estimate of drug-likeness (QED) is 0.868. The van der Waals surface area contributed by atoms with Crippen LogP contribution in [0.5, 0.6) is 0 Å². The predicted molar refractivity (Wildman–Crippen MR) is 93.1 cm³/mol. The number of nitrogens with two attached hydrogens (primary N) is 1. The molecule has 2 N–H and O–H groups in total. The molecule has 1 aromatic rings. The van der Waals surface area contributed by atoms with Crippen LogP contribution in [0.2, 0.25) is 0 Å². The molecular weight excluding hydrogens is 305 g/mol. The zero-order chi connectivity index (χ0) is 16.9. The third kappa shape index (κ3) is 4.33. The lowest BCUT2D eigenvalue weighted by molar-refractivity contribution is -0.123. The van der Waals surface area contributed by atoms with Crippen molar-refractivity contribution < 1.29 is 9.18 Å². The van der Waals surface area contributed by atoms with E-state index in [0.29, 0.717) is 6.04 Å². The van der Waals surface area contributed by atoms with Gasteiger partial charge in [0.05, 0.1) is 6.04 Å². The van der Waals surface area contributed by atoms with Gasteiger partial charge in [-0.2, -0.15) is 0 Å². The lowest BCUT2D eigenvalue weighted by Crippen LogP contribution is -2.50. The van der Waals surface area contributed by atoms with Crippen molar-refractivity contribution >= 4 is 5.91 Å². The van der Waals surface area contributed by atoms with E-state index in [4.69, 9.17) is 5.73 Å². The molecule has 1 aromatic carbocycles. The minimum absolute atomic E-state index is 0.0467. The Morgan fingerprint density at radius 3 is 2.71 bits per heavy atom. The molecule has 132 valence electrons. The molecule has 0 aromatic heterocycles. The van der Waals surface area contributed by atoms with Crippen molar-refractivity contribution in [1.82, 2.24) is 9.80 Å². The van der Waals surface area contributed by atoms with E-state index in [1.54, 1.807) is 12.1 Å². The second-order valence-corrected chi connectivity index (χ2v) is 7.10. The number of carbonyl (C=O) groups excluding carboxylic acids is 1. The number of halogens is 1. The Labute approximate surface area is 143 Å². The van der Waals surface area contributed by atoms with Crippen LogP contribution >= 0.6 is 0 Å². The lowest BCUT2D eigenvalue weighted by Gasteiger charge is -2.38. The van der Waals surface area contributed by atoms with Gasteiger partial charge in [-0.25, -0.2) is 4.39 Å². The van der Waals surface area contributed by atoms with Gasteiger partial charge < -0.3 is 10.6 Å². The van der Waals surface area contributed by atoms with Crippen molar-refractivity contribution in [2.45, 2.75) is 50.6 Å². The molecule has 2 aliphatic rings. The molecule has 0 radical (unpaired) electrons. The number of aryl methyl sites for hydroxylation is 1. The van der Waals surface area contributed by atoms with Crippen LogP contribution < -0.4 is 5.73 Å². The smallest absolute Gasteiger partial charge is 0.234 e. The maximum absolute atomic E-state index is 13.2. The number of benzene rings is 1. The van der Waals surface area contributed by atoms with Crippen LogP contribution in [-0.4, -0.2) is 54.0 Å². The zero-order valence-corrected chi connectivity index (χ0v) is 14.3. The number of likely N-dealkylation sites (tertiary alicyclic amines) is 2. The van der Waals surface area contributed by atoms with Gasteiger partial charge in [-0.05, 0) is 82.4 Å². The highest BCUT2D eigenvalue weighted by molar-refractivity contribution is 5.80. The number of amides is 1. The first-order valence-corrected chi connectivity index (χ1v) is 9.15. The number of rotatable bonds is 6. The molecule has 3 rings (SSSR count). The van der Waals surface area contributed by atoms with Gasteiger partial charge in [0.15, 0.2) is 0 Å². The first kappa shape index (κ1) is 17.4. The summed E-state index contributed by atoms with van der Waals surface area (Å²) in [5.74, 6) is -0.312. The van der Waals surface area contributed by atoms with Gasteiger partial charge in [-0.15, -0.1) is 0 Å². The zero-order valence-electron chi connectivity index (χ0n) is 14.3. The molecule has 1 atom stereocenters. The summed E-state index contributed by atoms with van der Waals surface area (Å²) >= 11 is 0. The summed E-state index contributed by atoms with van der Waals surface area (Å²) in [6.45, 7) is 4.23. The molecular formula is C19H28FN3O. The average molecular weight is 333 g/mol. The highest BCUT2D eigenvalue weighted by Crippen LogP contribution is 2.26.